The van der Waals surface area contributed by atoms with Crippen molar-refractivity contribution < 1.29 is 19.4 Å². The number of ether oxygens (including phenoxy) is 2. The normalized spacial score (nSPS) is 28.1. The van der Waals surface area contributed by atoms with Crippen molar-refractivity contribution in [2.24, 2.45) is 5.92 Å². The molecule has 0 aromatic carbocycles. The van der Waals surface area contributed by atoms with Crippen LogP contribution in [0.5, 0.6) is 0 Å². The highest BCUT2D eigenvalue weighted by atomic mass is 16.5. The van der Waals surface area contributed by atoms with E-state index in [4.69, 9.17) is 9.47 Å². The van der Waals surface area contributed by atoms with Crippen LogP contribution in [0.1, 0.15) is 25.7 Å². The molecule has 2 atom stereocenters. The lowest BCUT2D eigenvalue weighted by Gasteiger charge is -2.28. The topological polar surface area (TPSA) is 67.8 Å². The molecule has 0 saturated carbocycles. The van der Waals surface area contributed by atoms with Gasteiger partial charge in [0.25, 0.3) is 0 Å². The molecule has 5 nitrogen and oxygen atoms in total. The van der Waals surface area contributed by atoms with Crippen LogP contribution in [-0.4, -0.2) is 49.6 Å². The Balaban J connectivity index is 1.80. The van der Waals surface area contributed by atoms with Crippen molar-refractivity contribution in [2.75, 3.05) is 26.4 Å². The minimum atomic E-state index is -0.755. The van der Waals surface area contributed by atoms with E-state index in [9.17, 15) is 9.90 Å². The van der Waals surface area contributed by atoms with E-state index in [0.29, 0.717) is 19.8 Å². The van der Waals surface area contributed by atoms with Crippen molar-refractivity contribution in [1.29, 1.82) is 0 Å². The van der Waals surface area contributed by atoms with E-state index in [1.165, 1.54) is 0 Å². The van der Waals surface area contributed by atoms with Crippen molar-refractivity contribution in [3.63, 3.8) is 0 Å². The first-order valence-electron chi connectivity index (χ1n) is 6.43. The van der Waals surface area contributed by atoms with Gasteiger partial charge >= 0.3 is 5.97 Å². The molecular weight excluding hydrogens is 222 g/mol. The Morgan fingerprint density at radius 3 is 2.65 bits per heavy atom. The molecule has 0 spiro atoms. The van der Waals surface area contributed by atoms with Crippen LogP contribution in [0.2, 0.25) is 0 Å². The number of carbonyl (C=O) groups is 1. The molecule has 0 bridgehead atoms. The smallest absolute Gasteiger partial charge is 0.320 e. The molecule has 2 fully saturated rings. The fourth-order valence-corrected chi connectivity index (χ4v) is 2.57. The zero-order valence-corrected chi connectivity index (χ0v) is 10.1. The van der Waals surface area contributed by atoms with Gasteiger partial charge in [0.05, 0.1) is 6.10 Å². The highest BCUT2D eigenvalue weighted by molar-refractivity contribution is 5.73. The molecule has 5 heteroatoms. The molecule has 2 saturated heterocycles. The van der Waals surface area contributed by atoms with Crippen LogP contribution in [0.25, 0.3) is 0 Å². The number of rotatable bonds is 5. The van der Waals surface area contributed by atoms with E-state index >= 15 is 0 Å². The summed E-state index contributed by atoms with van der Waals surface area (Å²) >= 11 is 0. The lowest BCUT2D eigenvalue weighted by Crippen LogP contribution is -2.47. The van der Waals surface area contributed by atoms with Gasteiger partial charge in [-0.05, 0) is 31.6 Å². The first-order chi connectivity index (χ1) is 8.27. The van der Waals surface area contributed by atoms with Gasteiger partial charge in [0.2, 0.25) is 0 Å². The molecule has 2 rings (SSSR count). The van der Waals surface area contributed by atoms with Crippen LogP contribution < -0.4 is 5.32 Å². The van der Waals surface area contributed by atoms with Crippen molar-refractivity contribution in [3.8, 4) is 0 Å². The Morgan fingerprint density at radius 2 is 2.06 bits per heavy atom. The predicted octanol–water partition coefficient (Wildman–Crippen LogP) is 0.635. The fraction of sp³-hybridized carbons (Fsp3) is 0.917. The summed E-state index contributed by atoms with van der Waals surface area (Å²) in [5.41, 5.74) is 0. The van der Waals surface area contributed by atoms with Gasteiger partial charge in [-0.25, -0.2) is 0 Å². The van der Waals surface area contributed by atoms with Crippen LogP contribution in [0, 0.1) is 5.92 Å². The van der Waals surface area contributed by atoms with Gasteiger partial charge in [-0.3, -0.25) is 4.79 Å². The molecule has 0 amide bonds. The fourth-order valence-electron chi connectivity index (χ4n) is 2.57. The first kappa shape index (κ1) is 12.8. The molecule has 2 unspecified atom stereocenters. The number of aliphatic carboxylic acids is 1. The van der Waals surface area contributed by atoms with Crippen LogP contribution in [0.3, 0.4) is 0 Å². The third-order valence-electron chi connectivity index (χ3n) is 3.59. The highest BCUT2D eigenvalue weighted by Crippen LogP contribution is 2.20. The minimum Gasteiger partial charge on any atom is -0.480 e. The Bertz CT molecular complexity index is 247. The minimum absolute atomic E-state index is 0.183. The molecule has 0 aliphatic carbocycles. The van der Waals surface area contributed by atoms with E-state index in [1.807, 2.05) is 0 Å². The van der Waals surface area contributed by atoms with E-state index in [-0.39, 0.29) is 12.0 Å². The van der Waals surface area contributed by atoms with E-state index in [2.05, 4.69) is 5.32 Å². The lowest BCUT2D eigenvalue weighted by molar-refractivity contribution is -0.142. The Hall–Kier alpha value is -0.650. The average molecular weight is 243 g/mol. The molecule has 17 heavy (non-hydrogen) atoms. The van der Waals surface area contributed by atoms with E-state index in [0.717, 1.165) is 32.3 Å². The number of carboxylic acid groups (broad SMARTS) is 1. The first-order valence-corrected chi connectivity index (χ1v) is 6.43. The summed E-state index contributed by atoms with van der Waals surface area (Å²) in [7, 11) is 0. The summed E-state index contributed by atoms with van der Waals surface area (Å²) in [6.45, 7) is 2.81. The van der Waals surface area contributed by atoms with Crippen molar-refractivity contribution in [1.82, 2.24) is 5.32 Å². The summed E-state index contributed by atoms with van der Waals surface area (Å²) in [5, 5.41) is 12.4. The van der Waals surface area contributed by atoms with Gasteiger partial charge in [-0.1, -0.05) is 0 Å². The van der Waals surface area contributed by atoms with Gasteiger partial charge in [0, 0.05) is 26.4 Å². The number of carboxylic acids is 1. The Labute approximate surface area is 101 Å². The number of nitrogens with one attached hydrogen (secondary N) is 1. The molecule has 2 aliphatic rings. The van der Waals surface area contributed by atoms with Crippen molar-refractivity contribution >= 4 is 5.97 Å². The second kappa shape index (κ2) is 6.33. The molecule has 2 heterocycles. The Morgan fingerprint density at radius 1 is 1.29 bits per heavy atom. The molecule has 0 radical (unpaired) electrons. The molecule has 0 aromatic heterocycles. The standard InChI is InChI=1S/C12H21NO4/c14-12(15)11(9-3-6-16-7-4-9)13-8-10-2-1-5-17-10/h9-11,13H,1-8H2,(H,14,15). The molecule has 2 aliphatic heterocycles. The van der Waals surface area contributed by atoms with Gasteiger partial charge in [-0.15, -0.1) is 0 Å². The second-order valence-corrected chi connectivity index (χ2v) is 4.81. The highest BCUT2D eigenvalue weighted by Gasteiger charge is 2.30. The predicted molar refractivity (Wildman–Crippen MR) is 61.9 cm³/mol. The summed E-state index contributed by atoms with van der Waals surface area (Å²) in [6.07, 6.45) is 3.97. The summed E-state index contributed by atoms with van der Waals surface area (Å²) in [5.74, 6) is -0.572. The van der Waals surface area contributed by atoms with E-state index in [1.54, 1.807) is 0 Å². The maximum Gasteiger partial charge on any atom is 0.320 e. The molecular formula is C12H21NO4. The van der Waals surface area contributed by atoms with Crippen LogP contribution in [-0.2, 0) is 14.3 Å². The van der Waals surface area contributed by atoms with Gasteiger partial charge in [0.15, 0.2) is 0 Å². The summed E-state index contributed by atoms with van der Waals surface area (Å²) < 4.78 is 10.8. The van der Waals surface area contributed by atoms with Gasteiger partial charge in [0.1, 0.15) is 6.04 Å². The van der Waals surface area contributed by atoms with Gasteiger partial charge < -0.3 is 19.9 Å². The lowest BCUT2D eigenvalue weighted by atomic mass is 9.91. The second-order valence-electron chi connectivity index (χ2n) is 4.81. The molecule has 98 valence electrons. The number of hydrogen-bond acceptors (Lipinski definition) is 4. The quantitative estimate of drug-likeness (QED) is 0.741. The average Bonchev–Trinajstić information content (AvgIpc) is 2.83. The third kappa shape index (κ3) is 3.66. The number of hydrogen-bond donors (Lipinski definition) is 2. The summed E-state index contributed by atoms with van der Waals surface area (Å²) in [4.78, 5) is 11.3. The maximum atomic E-state index is 11.3. The zero-order chi connectivity index (χ0) is 12.1. The molecule has 0 aromatic rings. The van der Waals surface area contributed by atoms with E-state index < -0.39 is 12.0 Å². The summed E-state index contributed by atoms with van der Waals surface area (Å²) in [6, 6.07) is -0.455. The van der Waals surface area contributed by atoms with Gasteiger partial charge in [-0.2, -0.15) is 0 Å². The van der Waals surface area contributed by atoms with Crippen LogP contribution in [0.4, 0.5) is 0 Å². The third-order valence-corrected chi connectivity index (χ3v) is 3.59. The van der Waals surface area contributed by atoms with Crippen LogP contribution >= 0.6 is 0 Å². The largest absolute Gasteiger partial charge is 0.480 e. The monoisotopic (exact) mass is 243 g/mol. The SMILES string of the molecule is O=C(O)C(NCC1CCCO1)C1CCOCC1. The van der Waals surface area contributed by atoms with Crippen LogP contribution in [0.15, 0.2) is 0 Å². The molecule has 2 N–H and O–H groups in total. The van der Waals surface area contributed by atoms with Crippen molar-refractivity contribution in [2.45, 2.75) is 37.8 Å². The van der Waals surface area contributed by atoms with Crippen molar-refractivity contribution in [3.05, 3.63) is 0 Å². The zero-order valence-electron chi connectivity index (χ0n) is 10.1. The Kier molecular flexibility index (Phi) is 4.76. The maximum absolute atomic E-state index is 11.3.